The van der Waals surface area contributed by atoms with Crippen LogP contribution in [0.4, 0.5) is 4.39 Å². The SMILES string of the molecule is O=C(O)c1cc2cc(F)c(Br)cc2n1C1CCC1. The van der Waals surface area contributed by atoms with Crippen LogP contribution < -0.4 is 0 Å². The molecular formula is C13H11BrFNO2. The Labute approximate surface area is 111 Å². The predicted octanol–water partition coefficient (Wildman–Crippen LogP) is 3.97. The molecule has 0 aliphatic heterocycles. The summed E-state index contributed by atoms with van der Waals surface area (Å²) in [6.45, 7) is 0. The molecule has 1 saturated carbocycles. The second-order valence-electron chi connectivity index (χ2n) is 4.61. The van der Waals surface area contributed by atoms with Crippen LogP contribution in [-0.4, -0.2) is 15.6 Å². The zero-order valence-electron chi connectivity index (χ0n) is 9.49. The van der Waals surface area contributed by atoms with Gasteiger partial charge in [-0.15, -0.1) is 0 Å². The molecule has 0 saturated heterocycles. The van der Waals surface area contributed by atoms with Crippen LogP contribution in [0.2, 0.25) is 0 Å². The van der Waals surface area contributed by atoms with Crippen molar-refractivity contribution in [3.63, 3.8) is 0 Å². The number of nitrogens with zero attached hydrogens (tertiary/aromatic N) is 1. The van der Waals surface area contributed by atoms with Gasteiger partial charge in [0.05, 0.1) is 9.99 Å². The average molecular weight is 312 g/mol. The lowest BCUT2D eigenvalue weighted by atomic mass is 9.92. The van der Waals surface area contributed by atoms with Gasteiger partial charge in [-0.05, 0) is 53.4 Å². The summed E-state index contributed by atoms with van der Waals surface area (Å²) in [4.78, 5) is 11.3. The molecule has 0 bridgehead atoms. The number of hydrogen-bond donors (Lipinski definition) is 1. The fourth-order valence-corrected chi connectivity index (χ4v) is 2.76. The van der Waals surface area contributed by atoms with Gasteiger partial charge < -0.3 is 9.67 Å². The lowest BCUT2D eigenvalue weighted by Crippen LogP contribution is -2.20. The Bertz CT molecular complexity index is 646. The van der Waals surface area contributed by atoms with E-state index in [9.17, 15) is 14.3 Å². The van der Waals surface area contributed by atoms with Crippen LogP contribution in [0.25, 0.3) is 10.9 Å². The van der Waals surface area contributed by atoms with Gasteiger partial charge in [0.1, 0.15) is 11.5 Å². The molecule has 5 heteroatoms. The van der Waals surface area contributed by atoms with Crippen molar-refractivity contribution in [3.05, 3.63) is 34.2 Å². The van der Waals surface area contributed by atoms with E-state index in [-0.39, 0.29) is 17.6 Å². The highest BCUT2D eigenvalue weighted by atomic mass is 79.9. The highest BCUT2D eigenvalue weighted by Gasteiger charge is 2.26. The third-order valence-corrected chi connectivity index (χ3v) is 4.15. The van der Waals surface area contributed by atoms with E-state index in [1.54, 1.807) is 12.1 Å². The number of halogens is 2. The van der Waals surface area contributed by atoms with E-state index in [4.69, 9.17) is 0 Å². The summed E-state index contributed by atoms with van der Waals surface area (Å²) in [6.07, 6.45) is 3.09. The molecule has 94 valence electrons. The monoisotopic (exact) mass is 311 g/mol. The summed E-state index contributed by atoms with van der Waals surface area (Å²) in [5.74, 6) is -1.33. The average Bonchev–Trinajstić information content (AvgIpc) is 2.56. The van der Waals surface area contributed by atoms with Crippen LogP contribution in [0.1, 0.15) is 35.8 Å². The molecule has 1 aromatic carbocycles. The second-order valence-corrected chi connectivity index (χ2v) is 5.47. The minimum atomic E-state index is -0.963. The number of benzene rings is 1. The van der Waals surface area contributed by atoms with Crippen LogP contribution in [0.5, 0.6) is 0 Å². The number of fused-ring (bicyclic) bond motifs is 1. The summed E-state index contributed by atoms with van der Waals surface area (Å²) in [5.41, 5.74) is 1.03. The van der Waals surface area contributed by atoms with Gasteiger partial charge in [0.15, 0.2) is 0 Å². The van der Waals surface area contributed by atoms with E-state index < -0.39 is 5.97 Å². The first-order chi connectivity index (χ1) is 8.58. The Morgan fingerprint density at radius 2 is 2.11 bits per heavy atom. The lowest BCUT2D eigenvalue weighted by Gasteiger charge is -2.29. The van der Waals surface area contributed by atoms with Crippen molar-refractivity contribution in [3.8, 4) is 0 Å². The molecule has 0 unspecified atom stereocenters. The maximum atomic E-state index is 13.5. The molecule has 18 heavy (non-hydrogen) atoms. The van der Waals surface area contributed by atoms with Crippen LogP contribution in [0.15, 0.2) is 22.7 Å². The van der Waals surface area contributed by atoms with E-state index >= 15 is 0 Å². The van der Waals surface area contributed by atoms with Gasteiger partial charge in [-0.25, -0.2) is 9.18 Å². The van der Waals surface area contributed by atoms with Gasteiger partial charge >= 0.3 is 5.97 Å². The highest BCUT2D eigenvalue weighted by Crippen LogP contribution is 2.37. The maximum Gasteiger partial charge on any atom is 0.352 e. The summed E-state index contributed by atoms with van der Waals surface area (Å²) in [6, 6.07) is 4.81. The van der Waals surface area contributed by atoms with Crippen LogP contribution in [-0.2, 0) is 0 Å². The smallest absolute Gasteiger partial charge is 0.352 e. The van der Waals surface area contributed by atoms with Crippen molar-refractivity contribution in [1.29, 1.82) is 0 Å². The molecule has 0 radical (unpaired) electrons. The quantitative estimate of drug-likeness (QED) is 0.912. The predicted molar refractivity (Wildman–Crippen MR) is 69.4 cm³/mol. The highest BCUT2D eigenvalue weighted by molar-refractivity contribution is 9.10. The third kappa shape index (κ3) is 1.65. The van der Waals surface area contributed by atoms with Gasteiger partial charge in [0.25, 0.3) is 0 Å². The standard InChI is InChI=1S/C13H11BrFNO2/c14-9-6-11-7(4-10(9)15)5-12(13(17)18)16(11)8-2-1-3-8/h4-6,8H,1-3H2,(H,17,18). The molecule has 1 N–H and O–H groups in total. The first kappa shape index (κ1) is 11.7. The Hall–Kier alpha value is -1.36. The molecular weight excluding hydrogens is 301 g/mol. The van der Waals surface area contributed by atoms with Crippen LogP contribution >= 0.6 is 15.9 Å². The van der Waals surface area contributed by atoms with Gasteiger partial charge in [-0.1, -0.05) is 0 Å². The van der Waals surface area contributed by atoms with Crippen LogP contribution in [0, 0.1) is 5.82 Å². The molecule has 0 atom stereocenters. The Morgan fingerprint density at radius 1 is 1.39 bits per heavy atom. The van der Waals surface area contributed by atoms with E-state index in [1.807, 2.05) is 4.57 Å². The minimum absolute atomic E-state index is 0.228. The molecule has 1 aromatic heterocycles. The van der Waals surface area contributed by atoms with E-state index in [2.05, 4.69) is 15.9 Å². The molecule has 1 fully saturated rings. The fourth-order valence-electron chi connectivity index (χ4n) is 2.43. The zero-order valence-corrected chi connectivity index (χ0v) is 11.1. The normalized spacial score (nSPS) is 15.9. The minimum Gasteiger partial charge on any atom is -0.477 e. The first-order valence-corrected chi connectivity index (χ1v) is 6.60. The number of aromatic nitrogens is 1. The number of carboxylic acid groups (broad SMARTS) is 1. The number of carboxylic acids is 1. The number of hydrogen-bond acceptors (Lipinski definition) is 1. The molecule has 1 aliphatic rings. The largest absolute Gasteiger partial charge is 0.477 e. The molecule has 1 aliphatic carbocycles. The van der Waals surface area contributed by atoms with Gasteiger partial charge in [-0.3, -0.25) is 0 Å². The van der Waals surface area contributed by atoms with Crippen LogP contribution in [0.3, 0.4) is 0 Å². The maximum absolute atomic E-state index is 13.5. The van der Waals surface area contributed by atoms with Gasteiger partial charge in [-0.2, -0.15) is 0 Å². The van der Waals surface area contributed by atoms with Crippen molar-refractivity contribution in [2.45, 2.75) is 25.3 Å². The zero-order chi connectivity index (χ0) is 12.9. The van der Waals surface area contributed by atoms with Gasteiger partial charge in [0, 0.05) is 11.4 Å². The van der Waals surface area contributed by atoms with Gasteiger partial charge in [0.2, 0.25) is 0 Å². The Kier molecular flexibility index (Phi) is 2.66. The molecule has 2 aromatic rings. The fraction of sp³-hybridized carbons (Fsp3) is 0.308. The summed E-state index contributed by atoms with van der Waals surface area (Å²) in [7, 11) is 0. The summed E-state index contributed by atoms with van der Waals surface area (Å²) < 4.78 is 15.7. The Balaban J connectivity index is 2.30. The number of carbonyl (C=O) groups is 1. The van der Waals surface area contributed by atoms with Crippen molar-refractivity contribution >= 4 is 32.8 Å². The molecule has 3 nitrogen and oxygen atoms in total. The summed E-state index contributed by atoms with van der Waals surface area (Å²) >= 11 is 3.15. The number of rotatable bonds is 2. The molecule has 3 rings (SSSR count). The van der Waals surface area contributed by atoms with Crippen molar-refractivity contribution in [2.75, 3.05) is 0 Å². The Morgan fingerprint density at radius 3 is 2.67 bits per heavy atom. The van der Waals surface area contributed by atoms with E-state index in [0.29, 0.717) is 9.86 Å². The first-order valence-electron chi connectivity index (χ1n) is 5.81. The lowest BCUT2D eigenvalue weighted by molar-refractivity contribution is 0.0679. The topological polar surface area (TPSA) is 42.2 Å². The van der Waals surface area contributed by atoms with Crippen molar-refractivity contribution < 1.29 is 14.3 Å². The van der Waals surface area contributed by atoms with E-state index in [1.165, 1.54) is 6.07 Å². The van der Waals surface area contributed by atoms with Crippen molar-refractivity contribution in [1.82, 2.24) is 4.57 Å². The van der Waals surface area contributed by atoms with E-state index in [0.717, 1.165) is 24.8 Å². The second kappa shape index (κ2) is 4.09. The number of aromatic carboxylic acids is 1. The van der Waals surface area contributed by atoms with Crippen molar-refractivity contribution in [2.24, 2.45) is 0 Å². The molecule has 0 spiro atoms. The molecule has 0 amide bonds. The molecule has 1 heterocycles. The summed E-state index contributed by atoms with van der Waals surface area (Å²) in [5, 5.41) is 9.89. The third-order valence-electron chi connectivity index (χ3n) is 3.54.